The molecule has 0 aliphatic carbocycles. The minimum atomic E-state index is 0.0171. The largest absolute Gasteiger partial charge is 0.487 e. The number of hydrogen-bond acceptors (Lipinski definition) is 4. The minimum absolute atomic E-state index is 0.0171. The summed E-state index contributed by atoms with van der Waals surface area (Å²) in [6, 6.07) is 12.7. The molecule has 31 heavy (non-hydrogen) atoms. The second-order valence-corrected chi connectivity index (χ2v) is 12.2. The summed E-state index contributed by atoms with van der Waals surface area (Å²) in [5, 5.41) is 0.781. The van der Waals surface area contributed by atoms with Crippen LogP contribution >= 0.6 is 79.5 Å². The predicted octanol–water partition coefficient (Wildman–Crippen LogP) is 7.17. The lowest BCUT2D eigenvalue weighted by Gasteiger charge is -2.20. The van der Waals surface area contributed by atoms with Crippen molar-refractivity contribution >= 4 is 96.7 Å². The van der Waals surface area contributed by atoms with Crippen LogP contribution in [0.4, 0.5) is 0 Å². The molecule has 1 heterocycles. The van der Waals surface area contributed by atoms with Crippen LogP contribution in [-0.2, 0) is 11.4 Å². The molecular weight excluding hydrogens is 749 g/mol. The number of carbonyl (C=O) groups excluding carboxylic acids is 1. The normalized spacial score (nSPS) is 16.9. The molecule has 4 nitrogen and oxygen atoms in total. The Morgan fingerprint density at radius 3 is 2.23 bits per heavy atom. The van der Waals surface area contributed by atoms with Crippen molar-refractivity contribution in [2.45, 2.75) is 46.4 Å². The van der Waals surface area contributed by atoms with Gasteiger partial charge >= 0.3 is 0 Å². The molecule has 8 heteroatoms. The summed E-state index contributed by atoms with van der Waals surface area (Å²) in [5.74, 6) is 0.890. The van der Waals surface area contributed by atoms with Gasteiger partial charge in [-0.2, -0.15) is 0 Å². The van der Waals surface area contributed by atoms with Gasteiger partial charge in [-0.1, -0.05) is 12.1 Å². The number of hydrogen-bond donors (Lipinski definition) is 0. The number of amidine groups is 1. The zero-order chi connectivity index (χ0) is 22.7. The van der Waals surface area contributed by atoms with Gasteiger partial charge in [0.1, 0.15) is 12.4 Å². The number of aliphatic imine (C=N–C) groups is 1. The number of carbonyl (C=O) groups is 1. The predicted molar refractivity (Wildman–Crippen MR) is 155 cm³/mol. The summed E-state index contributed by atoms with van der Waals surface area (Å²) >= 11 is 8.35. The lowest BCUT2D eigenvalue weighted by Crippen LogP contribution is -2.35. The van der Waals surface area contributed by atoms with Crippen molar-refractivity contribution in [1.29, 1.82) is 0 Å². The fraction of sp³-hybridized carbons (Fsp3) is 0.304. The Hall–Kier alpha value is -0.340. The van der Waals surface area contributed by atoms with Crippen LogP contribution in [0.15, 0.2) is 46.3 Å². The molecule has 0 N–H and O–H groups in total. The van der Waals surface area contributed by atoms with E-state index in [1.165, 1.54) is 15.3 Å². The van der Waals surface area contributed by atoms with Crippen LogP contribution in [0, 0.1) is 10.7 Å². The highest BCUT2D eigenvalue weighted by Gasteiger charge is 2.35. The molecular formula is C23H23I3N2O2S. The van der Waals surface area contributed by atoms with E-state index in [0.29, 0.717) is 11.5 Å². The highest BCUT2D eigenvalue weighted by molar-refractivity contribution is 14.1. The lowest BCUT2D eigenvalue weighted by atomic mass is 10.2. The van der Waals surface area contributed by atoms with E-state index in [4.69, 9.17) is 4.74 Å². The Bertz CT molecular complexity index is 1010. The first-order chi connectivity index (χ1) is 14.7. The highest BCUT2D eigenvalue weighted by atomic mass is 127. The average molecular weight is 772 g/mol. The maximum absolute atomic E-state index is 13.0. The third-order valence-corrected chi connectivity index (χ3v) is 7.66. The Balaban J connectivity index is 1.83. The first kappa shape index (κ1) is 25.3. The first-order valence-corrected chi connectivity index (χ1v) is 13.9. The van der Waals surface area contributed by atoms with Crippen molar-refractivity contribution in [2.75, 3.05) is 0 Å². The van der Waals surface area contributed by atoms with Gasteiger partial charge in [0.15, 0.2) is 5.17 Å². The molecule has 0 bridgehead atoms. The van der Waals surface area contributed by atoms with Gasteiger partial charge in [0.05, 0.1) is 12.0 Å². The lowest BCUT2D eigenvalue weighted by molar-refractivity contribution is -0.123. The van der Waals surface area contributed by atoms with Crippen LogP contribution in [0.1, 0.15) is 38.8 Å². The van der Waals surface area contributed by atoms with Crippen molar-refractivity contribution in [3.8, 4) is 5.75 Å². The molecule has 0 spiro atoms. The van der Waals surface area contributed by atoms with E-state index in [2.05, 4.69) is 109 Å². The highest BCUT2D eigenvalue weighted by Crippen LogP contribution is 2.36. The number of rotatable bonds is 6. The number of halogens is 3. The summed E-state index contributed by atoms with van der Waals surface area (Å²) in [7, 11) is 0. The van der Waals surface area contributed by atoms with Crippen molar-refractivity contribution in [2.24, 2.45) is 4.99 Å². The Labute approximate surface area is 229 Å². The first-order valence-electron chi connectivity index (χ1n) is 9.83. The van der Waals surface area contributed by atoms with Gasteiger partial charge < -0.3 is 4.74 Å². The molecule has 0 radical (unpaired) electrons. The van der Waals surface area contributed by atoms with Gasteiger partial charge in [-0.05, 0) is 149 Å². The molecule has 0 atom stereocenters. The molecule has 0 unspecified atom stereocenters. The molecule has 1 saturated heterocycles. The van der Waals surface area contributed by atoms with Crippen molar-refractivity contribution < 1.29 is 9.53 Å². The summed E-state index contributed by atoms with van der Waals surface area (Å²) in [4.78, 5) is 20.1. The SMILES string of the molecule is CC(C)N=C1S/C(=C/c2cc(I)c(OCc3ccc(I)cc3)c(I)c2)C(=O)N1C(C)C. The fourth-order valence-corrected chi connectivity index (χ4v) is 6.66. The topological polar surface area (TPSA) is 41.9 Å². The molecule has 1 fully saturated rings. The molecule has 2 aromatic rings. The van der Waals surface area contributed by atoms with E-state index >= 15 is 0 Å². The van der Waals surface area contributed by atoms with Gasteiger partial charge in [-0.25, -0.2) is 0 Å². The van der Waals surface area contributed by atoms with Gasteiger partial charge in [0, 0.05) is 15.7 Å². The fourth-order valence-electron chi connectivity index (χ4n) is 2.94. The summed E-state index contributed by atoms with van der Waals surface area (Å²) in [6.45, 7) is 8.61. The van der Waals surface area contributed by atoms with Gasteiger partial charge in [0.2, 0.25) is 0 Å². The number of benzene rings is 2. The summed E-state index contributed by atoms with van der Waals surface area (Å²) in [5.41, 5.74) is 2.12. The second-order valence-electron chi connectivity index (χ2n) is 7.61. The molecule has 0 saturated carbocycles. The molecule has 3 rings (SSSR count). The second kappa shape index (κ2) is 11.2. The van der Waals surface area contributed by atoms with E-state index in [9.17, 15) is 4.79 Å². The van der Waals surface area contributed by atoms with Crippen molar-refractivity contribution in [1.82, 2.24) is 4.90 Å². The summed E-state index contributed by atoms with van der Waals surface area (Å²) in [6.07, 6.45) is 1.96. The standard InChI is InChI=1S/C23H23I3N2O2S/c1-13(2)27-23-28(14(3)4)22(29)20(31-23)11-16-9-18(25)21(19(26)10-16)30-12-15-5-7-17(24)8-6-15/h5-11,13-14H,12H2,1-4H3/b20-11+,27-23?. The minimum Gasteiger partial charge on any atom is -0.487 e. The van der Waals surface area contributed by atoms with E-state index in [1.54, 1.807) is 4.90 Å². The summed E-state index contributed by atoms with van der Waals surface area (Å²) < 4.78 is 9.36. The molecule has 1 aliphatic heterocycles. The zero-order valence-corrected chi connectivity index (χ0v) is 24.9. The smallest absolute Gasteiger partial charge is 0.266 e. The third kappa shape index (κ3) is 6.59. The molecule has 2 aromatic carbocycles. The molecule has 1 amide bonds. The van der Waals surface area contributed by atoms with Crippen LogP contribution in [0.5, 0.6) is 5.75 Å². The van der Waals surface area contributed by atoms with Crippen LogP contribution in [0.3, 0.4) is 0 Å². The molecule has 1 aliphatic rings. The van der Waals surface area contributed by atoms with Gasteiger partial charge in [-0.15, -0.1) is 0 Å². The van der Waals surface area contributed by atoms with Crippen LogP contribution in [0.2, 0.25) is 0 Å². The van der Waals surface area contributed by atoms with E-state index in [-0.39, 0.29) is 18.0 Å². The average Bonchev–Trinajstić information content (AvgIpc) is 2.96. The van der Waals surface area contributed by atoms with Crippen molar-refractivity contribution in [3.05, 3.63) is 63.1 Å². The van der Waals surface area contributed by atoms with Crippen molar-refractivity contribution in [3.63, 3.8) is 0 Å². The Morgan fingerprint density at radius 1 is 1.06 bits per heavy atom. The third-order valence-electron chi connectivity index (χ3n) is 4.34. The number of ether oxygens (including phenoxy) is 1. The van der Waals surface area contributed by atoms with Gasteiger partial charge in [-0.3, -0.25) is 14.7 Å². The van der Waals surface area contributed by atoms with Gasteiger partial charge in [0.25, 0.3) is 5.91 Å². The molecule has 164 valence electrons. The maximum atomic E-state index is 13.0. The number of amides is 1. The Morgan fingerprint density at radius 2 is 1.68 bits per heavy atom. The Kier molecular flexibility index (Phi) is 9.13. The van der Waals surface area contributed by atoms with E-state index in [1.807, 2.05) is 33.8 Å². The number of thioether (sulfide) groups is 1. The quantitative estimate of drug-likeness (QED) is 0.231. The van der Waals surface area contributed by atoms with E-state index < -0.39 is 0 Å². The van der Waals surface area contributed by atoms with Crippen LogP contribution in [-0.4, -0.2) is 28.1 Å². The molecule has 0 aromatic heterocycles. The van der Waals surface area contributed by atoms with Crippen LogP contribution in [0.25, 0.3) is 6.08 Å². The zero-order valence-electron chi connectivity index (χ0n) is 17.7. The number of nitrogens with zero attached hydrogens (tertiary/aromatic N) is 2. The van der Waals surface area contributed by atoms with E-state index in [0.717, 1.165) is 29.2 Å². The van der Waals surface area contributed by atoms with Crippen LogP contribution < -0.4 is 4.74 Å². The monoisotopic (exact) mass is 772 g/mol. The maximum Gasteiger partial charge on any atom is 0.266 e.